The molecule has 1 heterocycles. The first-order chi connectivity index (χ1) is 9.17. The fourth-order valence-corrected chi connectivity index (χ4v) is 1.61. The van der Waals surface area contributed by atoms with Crippen LogP contribution < -0.4 is 10.6 Å². The van der Waals surface area contributed by atoms with Crippen LogP contribution in [0.5, 0.6) is 0 Å². The van der Waals surface area contributed by atoms with Crippen molar-refractivity contribution in [2.75, 3.05) is 26.4 Å². The molecule has 0 aliphatic carbocycles. The lowest BCUT2D eigenvalue weighted by atomic mass is 9.74. The highest BCUT2D eigenvalue weighted by atomic mass is 16.6. The minimum Gasteiger partial charge on any atom is -0.481 e. The normalized spacial score (nSPS) is 20.3. The van der Waals surface area contributed by atoms with Crippen LogP contribution in [-0.4, -0.2) is 55.1 Å². The Morgan fingerprint density at radius 1 is 1.25 bits per heavy atom. The van der Waals surface area contributed by atoms with Gasteiger partial charge in [0.25, 0.3) is 0 Å². The molecule has 7 heteroatoms. The molecule has 1 saturated heterocycles. The van der Waals surface area contributed by atoms with Crippen LogP contribution in [0.2, 0.25) is 0 Å². The predicted molar refractivity (Wildman–Crippen MR) is 72.6 cm³/mol. The van der Waals surface area contributed by atoms with Gasteiger partial charge in [0, 0.05) is 6.54 Å². The van der Waals surface area contributed by atoms with Crippen molar-refractivity contribution in [1.29, 1.82) is 0 Å². The summed E-state index contributed by atoms with van der Waals surface area (Å²) in [6.07, 6.45) is -0.162. The topological polar surface area (TPSA) is 96.9 Å². The van der Waals surface area contributed by atoms with Crippen molar-refractivity contribution in [1.82, 2.24) is 10.6 Å². The highest BCUT2D eigenvalue weighted by molar-refractivity contribution is 5.79. The molecule has 3 N–H and O–H groups in total. The van der Waals surface area contributed by atoms with E-state index in [2.05, 4.69) is 10.6 Å². The van der Waals surface area contributed by atoms with E-state index in [9.17, 15) is 14.7 Å². The number of carbonyl (C=O) groups is 2. The number of carboxylic acid groups (broad SMARTS) is 1. The molecule has 1 atom stereocenters. The third-order valence-electron chi connectivity index (χ3n) is 3.90. The van der Waals surface area contributed by atoms with E-state index >= 15 is 0 Å². The molecular formula is C13H24N2O5. The molecule has 7 nitrogen and oxygen atoms in total. The van der Waals surface area contributed by atoms with E-state index in [0.717, 1.165) is 0 Å². The molecule has 0 radical (unpaired) electrons. The zero-order chi connectivity index (χ0) is 15.4. The Hall–Kier alpha value is -1.34. The Morgan fingerprint density at radius 2 is 1.90 bits per heavy atom. The van der Waals surface area contributed by atoms with E-state index in [-0.39, 0.29) is 6.10 Å². The van der Waals surface area contributed by atoms with Crippen LogP contribution in [0, 0.1) is 5.41 Å². The number of nitrogens with one attached hydrogen (secondary N) is 2. The average Bonchev–Trinajstić information content (AvgIpc) is 2.36. The smallest absolute Gasteiger partial charge is 0.315 e. The SMILES string of the molecule is CC(C)(NC(=O)NCC1COCCO1)C(C)(C)C(=O)O. The van der Waals surface area contributed by atoms with Crippen molar-refractivity contribution in [2.45, 2.75) is 39.3 Å². The molecule has 0 spiro atoms. The van der Waals surface area contributed by atoms with Crippen LogP contribution in [0.3, 0.4) is 0 Å². The van der Waals surface area contributed by atoms with Gasteiger partial charge in [0.1, 0.15) is 0 Å². The van der Waals surface area contributed by atoms with Gasteiger partial charge in [0.2, 0.25) is 0 Å². The van der Waals surface area contributed by atoms with Gasteiger partial charge in [-0.2, -0.15) is 0 Å². The number of urea groups is 1. The molecule has 1 aliphatic heterocycles. The number of ether oxygens (including phenoxy) is 2. The van der Waals surface area contributed by atoms with E-state index in [0.29, 0.717) is 26.4 Å². The van der Waals surface area contributed by atoms with E-state index in [1.807, 2.05) is 0 Å². The van der Waals surface area contributed by atoms with Crippen molar-refractivity contribution in [3.63, 3.8) is 0 Å². The Morgan fingerprint density at radius 3 is 2.40 bits per heavy atom. The largest absolute Gasteiger partial charge is 0.481 e. The van der Waals surface area contributed by atoms with Crippen LogP contribution in [-0.2, 0) is 14.3 Å². The van der Waals surface area contributed by atoms with Crippen LogP contribution in [0.1, 0.15) is 27.7 Å². The molecule has 2 amide bonds. The average molecular weight is 288 g/mol. The number of carboxylic acids is 1. The Kier molecular flexibility index (Phi) is 5.35. The molecule has 1 fully saturated rings. The van der Waals surface area contributed by atoms with Crippen LogP contribution in [0.4, 0.5) is 4.79 Å². The first-order valence-electron chi connectivity index (χ1n) is 6.65. The van der Waals surface area contributed by atoms with Gasteiger partial charge in [0.05, 0.1) is 36.9 Å². The minimum atomic E-state index is -1.09. The van der Waals surface area contributed by atoms with Crippen molar-refractivity contribution in [2.24, 2.45) is 5.41 Å². The lowest BCUT2D eigenvalue weighted by Gasteiger charge is -2.38. The van der Waals surface area contributed by atoms with E-state index in [1.165, 1.54) is 0 Å². The van der Waals surface area contributed by atoms with E-state index in [4.69, 9.17) is 9.47 Å². The molecule has 116 valence electrons. The van der Waals surface area contributed by atoms with Crippen LogP contribution in [0.15, 0.2) is 0 Å². The van der Waals surface area contributed by atoms with Gasteiger partial charge >= 0.3 is 12.0 Å². The van der Waals surface area contributed by atoms with Gasteiger partial charge in [0.15, 0.2) is 0 Å². The maximum absolute atomic E-state index is 11.9. The number of hydrogen-bond acceptors (Lipinski definition) is 4. The molecule has 0 aromatic rings. The number of carbonyl (C=O) groups excluding carboxylic acids is 1. The molecule has 0 aromatic heterocycles. The summed E-state index contributed by atoms with van der Waals surface area (Å²) < 4.78 is 10.6. The highest BCUT2D eigenvalue weighted by Crippen LogP contribution is 2.30. The van der Waals surface area contributed by atoms with Gasteiger partial charge in [-0.1, -0.05) is 0 Å². The second-order valence-electron chi connectivity index (χ2n) is 5.96. The first-order valence-corrected chi connectivity index (χ1v) is 6.65. The van der Waals surface area contributed by atoms with Gasteiger partial charge in [-0.15, -0.1) is 0 Å². The second kappa shape index (κ2) is 6.41. The Balaban J connectivity index is 2.46. The summed E-state index contributed by atoms with van der Waals surface area (Å²) in [5.74, 6) is -0.966. The van der Waals surface area contributed by atoms with Gasteiger partial charge in [-0.05, 0) is 27.7 Å². The second-order valence-corrected chi connectivity index (χ2v) is 5.96. The monoisotopic (exact) mass is 288 g/mol. The lowest BCUT2D eigenvalue weighted by Crippen LogP contribution is -2.59. The summed E-state index contributed by atoms with van der Waals surface area (Å²) in [6, 6.07) is -0.418. The predicted octanol–water partition coefficient (Wildman–Crippen LogP) is 0.590. The summed E-state index contributed by atoms with van der Waals surface area (Å²) in [5.41, 5.74) is -1.98. The molecule has 0 saturated carbocycles. The molecule has 1 rings (SSSR count). The number of hydrogen-bond donors (Lipinski definition) is 3. The summed E-state index contributed by atoms with van der Waals surface area (Å²) in [7, 11) is 0. The number of rotatable bonds is 5. The number of aliphatic carboxylic acids is 1. The standard InChI is InChI=1S/C13H24N2O5/c1-12(2,10(16)17)13(3,4)15-11(18)14-7-9-8-19-5-6-20-9/h9H,5-8H2,1-4H3,(H,16,17)(H2,14,15,18). The van der Waals surface area contributed by atoms with Gasteiger partial charge in [-0.25, -0.2) is 4.79 Å². The molecular weight excluding hydrogens is 264 g/mol. The Bertz CT molecular complexity index is 362. The third kappa shape index (κ3) is 4.08. The number of amides is 2. The molecule has 0 bridgehead atoms. The molecule has 1 aliphatic rings. The molecule has 0 aromatic carbocycles. The van der Waals surface area contributed by atoms with Gasteiger partial charge < -0.3 is 25.2 Å². The molecule has 1 unspecified atom stereocenters. The maximum Gasteiger partial charge on any atom is 0.315 e. The Labute approximate surface area is 119 Å². The van der Waals surface area contributed by atoms with Crippen molar-refractivity contribution < 1.29 is 24.2 Å². The quantitative estimate of drug-likeness (QED) is 0.688. The highest BCUT2D eigenvalue weighted by Gasteiger charge is 2.44. The minimum absolute atomic E-state index is 0.162. The molecule has 20 heavy (non-hydrogen) atoms. The fraction of sp³-hybridized carbons (Fsp3) is 0.846. The zero-order valence-electron chi connectivity index (χ0n) is 12.5. The van der Waals surface area contributed by atoms with Crippen molar-refractivity contribution in [3.8, 4) is 0 Å². The van der Waals surface area contributed by atoms with E-state index in [1.54, 1.807) is 27.7 Å². The lowest BCUT2D eigenvalue weighted by molar-refractivity contribution is -0.150. The summed E-state index contributed by atoms with van der Waals surface area (Å²) in [6.45, 7) is 8.39. The fourth-order valence-electron chi connectivity index (χ4n) is 1.61. The van der Waals surface area contributed by atoms with Crippen molar-refractivity contribution >= 4 is 12.0 Å². The van der Waals surface area contributed by atoms with Crippen LogP contribution in [0.25, 0.3) is 0 Å². The van der Waals surface area contributed by atoms with Crippen LogP contribution >= 0.6 is 0 Å². The third-order valence-corrected chi connectivity index (χ3v) is 3.90. The zero-order valence-corrected chi connectivity index (χ0v) is 12.5. The maximum atomic E-state index is 11.9. The van der Waals surface area contributed by atoms with E-state index < -0.39 is 23.0 Å². The first kappa shape index (κ1) is 16.7. The van der Waals surface area contributed by atoms with Crippen molar-refractivity contribution in [3.05, 3.63) is 0 Å². The summed E-state index contributed by atoms with van der Waals surface area (Å²) in [5, 5.41) is 14.6. The summed E-state index contributed by atoms with van der Waals surface area (Å²) >= 11 is 0. The van der Waals surface area contributed by atoms with Gasteiger partial charge in [-0.3, -0.25) is 4.79 Å². The summed E-state index contributed by atoms with van der Waals surface area (Å²) in [4.78, 5) is 23.1.